The fraction of sp³-hybridized carbons (Fsp3) is 0.421. The van der Waals surface area contributed by atoms with Gasteiger partial charge in [0.05, 0.1) is 22.6 Å². The van der Waals surface area contributed by atoms with Gasteiger partial charge in [0.25, 0.3) is 5.91 Å². The number of carbonyl (C=O) groups is 1. The van der Waals surface area contributed by atoms with Gasteiger partial charge >= 0.3 is 0 Å². The summed E-state index contributed by atoms with van der Waals surface area (Å²) in [6.07, 6.45) is 6.41. The van der Waals surface area contributed by atoms with Crippen LogP contribution in [0.2, 0.25) is 0 Å². The molecule has 1 saturated carbocycles. The highest BCUT2D eigenvalue weighted by atomic mass is 16.2. The summed E-state index contributed by atoms with van der Waals surface area (Å²) >= 11 is 0. The van der Waals surface area contributed by atoms with Gasteiger partial charge in [-0.05, 0) is 37.8 Å². The number of aryl methyl sites for hydroxylation is 2. The standard InChI is InChI=1S/C19H22N4O/c1-3-16-15(11-20-12-21-16)19(24)23-10-9-22(14-7-8-14)18-13(2)5-4-6-17(18)23/h4-6,11-12,14H,3,7-10H2,1-2H3. The average molecular weight is 322 g/mol. The monoisotopic (exact) mass is 322 g/mol. The molecule has 1 aromatic heterocycles. The Bertz CT molecular complexity index is 785. The number of rotatable bonds is 3. The van der Waals surface area contributed by atoms with E-state index < -0.39 is 0 Å². The molecule has 1 aliphatic heterocycles. The van der Waals surface area contributed by atoms with Crippen LogP contribution in [0.15, 0.2) is 30.7 Å². The minimum absolute atomic E-state index is 0.00902. The van der Waals surface area contributed by atoms with Crippen molar-refractivity contribution in [1.82, 2.24) is 9.97 Å². The summed E-state index contributed by atoms with van der Waals surface area (Å²) in [5, 5.41) is 0. The van der Waals surface area contributed by atoms with Gasteiger partial charge in [-0.1, -0.05) is 19.1 Å². The maximum Gasteiger partial charge on any atom is 0.261 e. The van der Waals surface area contributed by atoms with Crippen LogP contribution in [0.1, 0.15) is 41.4 Å². The number of para-hydroxylation sites is 1. The molecule has 0 bridgehead atoms. The number of benzene rings is 1. The van der Waals surface area contributed by atoms with Crippen LogP contribution < -0.4 is 9.80 Å². The Kier molecular flexibility index (Phi) is 3.71. The van der Waals surface area contributed by atoms with Crippen molar-refractivity contribution < 1.29 is 4.79 Å². The van der Waals surface area contributed by atoms with Crippen molar-refractivity contribution in [2.75, 3.05) is 22.9 Å². The molecule has 1 aliphatic carbocycles. The number of hydrogen-bond donors (Lipinski definition) is 0. The number of fused-ring (bicyclic) bond motifs is 1. The van der Waals surface area contributed by atoms with Crippen LogP contribution in [0.25, 0.3) is 0 Å². The van der Waals surface area contributed by atoms with E-state index in [4.69, 9.17) is 0 Å². The molecule has 124 valence electrons. The first kappa shape index (κ1) is 15.1. The molecular weight excluding hydrogens is 300 g/mol. The van der Waals surface area contributed by atoms with Gasteiger partial charge in [0, 0.05) is 25.3 Å². The van der Waals surface area contributed by atoms with Crippen molar-refractivity contribution in [3.63, 3.8) is 0 Å². The molecule has 1 amide bonds. The van der Waals surface area contributed by atoms with Crippen LogP contribution in [-0.4, -0.2) is 35.0 Å². The first-order chi connectivity index (χ1) is 11.7. The second-order valence-electron chi connectivity index (χ2n) is 6.56. The Morgan fingerprint density at radius 1 is 1.29 bits per heavy atom. The van der Waals surface area contributed by atoms with Crippen molar-refractivity contribution in [2.24, 2.45) is 0 Å². The maximum absolute atomic E-state index is 13.2. The lowest BCUT2D eigenvalue weighted by Gasteiger charge is -2.39. The minimum Gasteiger partial charge on any atom is -0.365 e. The predicted molar refractivity (Wildman–Crippen MR) is 94.6 cm³/mol. The maximum atomic E-state index is 13.2. The van der Waals surface area contributed by atoms with Crippen LogP contribution in [0.5, 0.6) is 0 Å². The molecule has 2 heterocycles. The number of amides is 1. The minimum atomic E-state index is 0.00902. The summed E-state index contributed by atoms with van der Waals surface area (Å²) in [6.45, 7) is 5.75. The van der Waals surface area contributed by atoms with E-state index in [1.54, 1.807) is 6.20 Å². The number of nitrogens with zero attached hydrogens (tertiary/aromatic N) is 4. The second-order valence-corrected chi connectivity index (χ2v) is 6.56. The molecule has 2 aromatic rings. The van der Waals surface area contributed by atoms with Crippen LogP contribution in [-0.2, 0) is 6.42 Å². The van der Waals surface area contributed by atoms with E-state index in [0.717, 1.165) is 24.3 Å². The third-order valence-electron chi connectivity index (χ3n) is 4.95. The zero-order chi connectivity index (χ0) is 16.7. The van der Waals surface area contributed by atoms with Gasteiger partial charge < -0.3 is 9.80 Å². The van der Waals surface area contributed by atoms with Crippen molar-refractivity contribution >= 4 is 17.3 Å². The summed E-state index contributed by atoms with van der Waals surface area (Å²) in [4.78, 5) is 25.9. The normalized spacial score (nSPS) is 16.9. The fourth-order valence-corrected chi connectivity index (χ4v) is 3.60. The molecule has 5 nitrogen and oxygen atoms in total. The molecule has 0 N–H and O–H groups in total. The van der Waals surface area contributed by atoms with Crippen LogP contribution in [0, 0.1) is 6.92 Å². The Labute approximate surface area is 142 Å². The van der Waals surface area contributed by atoms with E-state index in [9.17, 15) is 4.79 Å². The number of carbonyl (C=O) groups excluding carboxylic acids is 1. The van der Waals surface area contributed by atoms with E-state index in [0.29, 0.717) is 18.2 Å². The first-order valence-corrected chi connectivity index (χ1v) is 8.67. The lowest BCUT2D eigenvalue weighted by Crippen LogP contribution is -2.45. The highest BCUT2D eigenvalue weighted by molar-refractivity contribution is 6.09. The molecule has 24 heavy (non-hydrogen) atoms. The van der Waals surface area contributed by atoms with Crippen LogP contribution >= 0.6 is 0 Å². The topological polar surface area (TPSA) is 49.3 Å². The van der Waals surface area contributed by atoms with Gasteiger partial charge in [0.2, 0.25) is 0 Å². The highest BCUT2D eigenvalue weighted by Gasteiger charge is 2.36. The van der Waals surface area contributed by atoms with E-state index in [2.05, 4.69) is 33.9 Å². The smallest absolute Gasteiger partial charge is 0.261 e. The lowest BCUT2D eigenvalue weighted by molar-refractivity contribution is 0.0985. The zero-order valence-corrected chi connectivity index (χ0v) is 14.2. The largest absolute Gasteiger partial charge is 0.365 e. The molecule has 1 aromatic carbocycles. The highest BCUT2D eigenvalue weighted by Crippen LogP contribution is 2.42. The van der Waals surface area contributed by atoms with Crippen molar-refractivity contribution in [1.29, 1.82) is 0 Å². The SMILES string of the molecule is CCc1ncncc1C(=O)N1CCN(C2CC2)c2c(C)cccc21. The first-order valence-electron chi connectivity index (χ1n) is 8.67. The molecule has 0 spiro atoms. The van der Waals surface area contributed by atoms with E-state index >= 15 is 0 Å². The Morgan fingerprint density at radius 2 is 2.12 bits per heavy atom. The molecule has 1 fully saturated rings. The summed E-state index contributed by atoms with van der Waals surface area (Å²) in [5.41, 5.74) is 4.90. The summed E-state index contributed by atoms with van der Waals surface area (Å²) in [5.74, 6) is 0.00902. The molecule has 5 heteroatoms. The molecule has 0 unspecified atom stereocenters. The van der Waals surface area contributed by atoms with Crippen molar-refractivity contribution in [3.05, 3.63) is 47.5 Å². The molecule has 0 saturated heterocycles. The Balaban J connectivity index is 1.75. The van der Waals surface area contributed by atoms with Gasteiger partial charge in [-0.2, -0.15) is 0 Å². The molecule has 2 aliphatic rings. The van der Waals surface area contributed by atoms with Gasteiger partial charge in [-0.25, -0.2) is 9.97 Å². The third-order valence-corrected chi connectivity index (χ3v) is 4.95. The van der Waals surface area contributed by atoms with Gasteiger partial charge in [-0.3, -0.25) is 4.79 Å². The summed E-state index contributed by atoms with van der Waals surface area (Å²) in [7, 11) is 0. The Morgan fingerprint density at radius 3 is 2.88 bits per heavy atom. The quantitative estimate of drug-likeness (QED) is 0.872. The lowest BCUT2D eigenvalue weighted by atomic mass is 10.1. The van der Waals surface area contributed by atoms with Crippen LogP contribution in [0.4, 0.5) is 11.4 Å². The molecule has 4 rings (SSSR count). The second kappa shape index (κ2) is 5.89. The van der Waals surface area contributed by atoms with E-state index in [-0.39, 0.29) is 5.91 Å². The van der Waals surface area contributed by atoms with Crippen molar-refractivity contribution in [3.8, 4) is 0 Å². The van der Waals surface area contributed by atoms with Crippen LogP contribution in [0.3, 0.4) is 0 Å². The number of anilines is 2. The summed E-state index contributed by atoms with van der Waals surface area (Å²) in [6, 6.07) is 6.87. The third kappa shape index (κ3) is 2.44. The predicted octanol–water partition coefficient (Wildman–Crippen LogP) is 2.98. The number of aromatic nitrogens is 2. The Hall–Kier alpha value is -2.43. The molecular formula is C19H22N4O. The molecule has 0 radical (unpaired) electrons. The average Bonchev–Trinajstić information content (AvgIpc) is 3.45. The fourth-order valence-electron chi connectivity index (χ4n) is 3.60. The zero-order valence-electron chi connectivity index (χ0n) is 14.2. The molecule has 0 atom stereocenters. The van der Waals surface area contributed by atoms with Gasteiger partial charge in [0.15, 0.2) is 0 Å². The van der Waals surface area contributed by atoms with E-state index in [1.165, 1.54) is 30.4 Å². The van der Waals surface area contributed by atoms with Gasteiger partial charge in [-0.15, -0.1) is 0 Å². The number of hydrogen-bond acceptors (Lipinski definition) is 4. The summed E-state index contributed by atoms with van der Waals surface area (Å²) < 4.78 is 0. The van der Waals surface area contributed by atoms with Gasteiger partial charge in [0.1, 0.15) is 6.33 Å². The van der Waals surface area contributed by atoms with Crippen molar-refractivity contribution in [2.45, 2.75) is 39.2 Å². The van der Waals surface area contributed by atoms with E-state index in [1.807, 2.05) is 17.9 Å².